The molecule has 0 spiro atoms. The summed E-state index contributed by atoms with van der Waals surface area (Å²) in [7, 11) is 0. The van der Waals surface area contributed by atoms with Gasteiger partial charge in [0.25, 0.3) is 0 Å². The predicted octanol–water partition coefficient (Wildman–Crippen LogP) is 2.84. The van der Waals surface area contributed by atoms with Gasteiger partial charge in [-0.1, -0.05) is 48.0 Å². The zero-order chi connectivity index (χ0) is 19.5. The van der Waals surface area contributed by atoms with Crippen LogP contribution >= 0.6 is 11.6 Å². The van der Waals surface area contributed by atoms with Crippen LogP contribution in [0.25, 0.3) is 0 Å². The van der Waals surface area contributed by atoms with Crippen molar-refractivity contribution >= 4 is 11.6 Å². The first-order valence-corrected chi connectivity index (χ1v) is 10.3. The van der Waals surface area contributed by atoms with Gasteiger partial charge in [-0.3, -0.25) is 14.7 Å². The molecule has 0 amide bonds. The monoisotopic (exact) mass is 403 g/mol. The molecule has 0 radical (unpaired) electrons. The molecule has 2 aliphatic rings. The Bertz CT molecular complexity index is 762. The molecule has 0 aliphatic carbocycles. The van der Waals surface area contributed by atoms with Gasteiger partial charge in [-0.05, 0) is 17.7 Å². The smallest absolute Gasteiger partial charge is 0.129 e. The number of halogens is 2. The number of benzene rings is 2. The summed E-state index contributed by atoms with van der Waals surface area (Å²) in [6.07, 6.45) is -0.323. The minimum absolute atomic E-state index is 0.169. The molecule has 1 N–H and O–H groups in total. The molecule has 150 valence electrons. The van der Waals surface area contributed by atoms with E-state index in [1.165, 1.54) is 11.6 Å². The maximum absolute atomic E-state index is 14.0. The lowest BCUT2D eigenvalue weighted by Crippen LogP contribution is -2.53. The SMILES string of the molecule is OC1CN(Cc2ccccc2)CC1N1CCN(Cc2c(F)cccc2Cl)CC1. The topological polar surface area (TPSA) is 30.0 Å². The van der Waals surface area contributed by atoms with Gasteiger partial charge < -0.3 is 5.11 Å². The summed E-state index contributed by atoms with van der Waals surface area (Å²) in [5.74, 6) is -0.238. The first-order chi connectivity index (χ1) is 13.6. The van der Waals surface area contributed by atoms with Gasteiger partial charge >= 0.3 is 0 Å². The Morgan fingerprint density at radius 2 is 1.64 bits per heavy atom. The average molecular weight is 404 g/mol. The first kappa shape index (κ1) is 19.8. The molecular weight excluding hydrogens is 377 g/mol. The third kappa shape index (κ3) is 4.56. The molecule has 2 atom stereocenters. The van der Waals surface area contributed by atoms with Crippen molar-refractivity contribution in [3.63, 3.8) is 0 Å². The molecular formula is C22H27ClFN3O. The van der Waals surface area contributed by atoms with E-state index in [1.807, 2.05) is 6.07 Å². The highest BCUT2D eigenvalue weighted by Crippen LogP contribution is 2.23. The number of aliphatic hydroxyl groups excluding tert-OH is 1. The van der Waals surface area contributed by atoms with Crippen LogP contribution in [-0.4, -0.2) is 71.2 Å². The highest BCUT2D eigenvalue weighted by atomic mass is 35.5. The van der Waals surface area contributed by atoms with Gasteiger partial charge in [-0.25, -0.2) is 4.39 Å². The third-order valence-electron chi connectivity index (χ3n) is 5.90. The van der Waals surface area contributed by atoms with Crippen molar-refractivity contribution in [1.29, 1.82) is 0 Å². The minimum atomic E-state index is -0.323. The summed E-state index contributed by atoms with van der Waals surface area (Å²) in [4.78, 5) is 6.95. The Hall–Kier alpha value is -1.50. The number of rotatable bonds is 5. The summed E-state index contributed by atoms with van der Waals surface area (Å²) in [6, 6.07) is 15.4. The maximum atomic E-state index is 14.0. The highest BCUT2D eigenvalue weighted by molar-refractivity contribution is 6.31. The average Bonchev–Trinajstić information content (AvgIpc) is 3.06. The van der Waals surface area contributed by atoms with Crippen molar-refractivity contribution in [1.82, 2.24) is 14.7 Å². The van der Waals surface area contributed by atoms with E-state index in [9.17, 15) is 9.50 Å². The molecule has 4 rings (SSSR count). The zero-order valence-electron chi connectivity index (χ0n) is 16.0. The Morgan fingerprint density at radius 3 is 2.36 bits per heavy atom. The maximum Gasteiger partial charge on any atom is 0.129 e. The van der Waals surface area contributed by atoms with E-state index >= 15 is 0 Å². The van der Waals surface area contributed by atoms with Crippen LogP contribution in [0.2, 0.25) is 5.02 Å². The number of hydrogen-bond acceptors (Lipinski definition) is 4. The van der Waals surface area contributed by atoms with E-state index in [2.05, 4.69) is 39.0 Å². The Morgan fingerprint density at radius 1 is 0.893 bits per heavy atom. The Balaban J connectivity index is 1.30. The molecule has 2 heterocycles. The minimum Gasteiger partial charge on any atom is -0.390 e. The van der Waals surface area contributed by atoms with Crippen molar-refractivity contribution in [3.05, 3.63) is 70.5 Å². The Labute approximate surface area is 171 Å². The molecule has 2 fully saturated rings. The lowest BCUT2D eigenvalue weighted by Gasteiger charge is -2.39. The summed E-state index contributed by atoms with van der Waals surface area (Å²) >= 11 is 6.17. The number of β-amino-alcohol motifs (C(OH)–C–C–N with tert-alkyl or cyclic N) is 1. The second-order valence-electron chi connectivity index (χ2n) is 7.83. The molecule has 2 unspecified atom stereocenters. The van der Waals surface area contributed by atoms with Crippen molar-refractivity contribution in [2.75, 3.05) is 39.3 Å². The van der Waals surface area contributed by atoms with Gasteiger partial charge in [0.15, 0.2) is 0 Å². The van der Waals surface area contributed by atoms with Crippen molar-refractivity contribution in [2.24, 2.45) is 0 Å². The molecule has 0 aromatic heterocycles. The molecule has 2 aliphatic heterocycles. The summed E-state index contributed by atoms with van der Waals surface area (Å²) < 4.78 is 14.0. The second kappa shape index (κ2) is 8.89. The van der Waals surface area contributed by atoms with Crippen LogP contribution in [0, 0.1) is 5.82 Å². The highest BCUT2D eigenvalue weighted by Gasteiger charge is 2.36. The van der Waals surface area contributed by atoms with E-state index in [-0.39, 0.29) is 18.0 Å². The van der Waals surface area contributed by atoms with Gasteiger partial charge in [-0.15, -0.1) is 0 Å². The van der Waals surface area contributed by atoms with Crippen LogP contribution in [0.3, 0.4) is 0 Å². The summed E-state index contributed by atoms with van der Waals surface area (Å²) in [6.45, 7) is 6.48. The van der Waals surface area contributed by atoms with Crippen LogP contribution in [-0.2, 0) is 13.1 Å². The number of hydrogen-bond donors (Lipinski definition) is 1. The fraction of sp³-hybridized carbons (Fsp3) is 0.455. The lowest BCUT2D eigenvalue weighted by atomic mass is 10.1. The van der Waals surface area contributed by atoms with Crippen molar-refractivity contribution < 1.29 is 9.50 Å². The molecule has 28 heavy (non-hydrogen) atoms. The van der Waals surface area contributed by atoms with Crippen LogP contribution < -0.4 is 0 Å². The van der Waals surface area contributed by atoms with Crippen molar-refractivity contribution in [3.8, 4) is 0 Å². The number of piperazine rings is 1. The van der Waals surface area contributed by atoms with Gasteiger partial charge in [-0.2, -0.15) is 0 Å². The first-order valence-electron chi connectivity index (χ1n) is 9.94. The van der Waals surface area contributed by atoms with Gasteiger partial charge in [0.05, 0.1) is 6.10 Å². The second-order valence-corrected chi connectivity index (χ2v) is 8.23. The molecule has 0 bridgehead atoms. The van der Waals surface area contributed by atoms with Gasteiger partial charge in [0.1, 0.15) is 5.82 Å². The zero-order valence-corrected chi connectivity index (χ0v) is 16.7. The fourth-order valence-electron chi connectivity index (χ4n) is 4.34. The van der Waals surface area contributed by atoms with Crippen LogP contribution in [0.4, 0.5) is 4.39 Å². The fourth-order valence-corrected chi connectivity index (χ4v) is 4.56. The summed E-state index contributed by atoms with van der Waals surface area (Å²) in [5, 5.41) is 11.1. The largest absolute Gasteiger partial charge is 0.390 e. The quantitative estimate of drug-likeness (QED) is 0.831. The molecule has 6 heteroatoms. The van der Waals surface area contributed by atoms with E-state index in [0.29, 0.717) is 23.7 Å². The van der Waals surface area contributed by atoms with E-state index in [1.54, 1.807) is 12.1 Å². The lowest BCUT2D eigenvalue weighted by molar-refractivity contribution is 0.0421. The summed E-state index contributed by atoms with van der Waals surface area (Å²) in [5.41, 5.74) is 1.86. The van der Waals surface area contributed by atoms with Crippen LogP contribution in [0.1, 0.15) is 11.1 Å². The standard InChI is InChI=1S/C22H27ClFN3O/c23-19-7-4-8-20(24)18(19)14-25-9-11-27(12-10-25)21-15-26(16-22(21)28)13-17-5-2-1-3-6-17/h1-8,21-22,28H,9-16H2. The van der Waals surface area contributed by atoms with Gasteiger partial charge in [0.2, 0.25) is 0 Å². The third-order valence-corrected chi connectivity index (χ3v) is 6.26. The molecule has 2 aromatic carbocycles. The van der Waals surface area contributed by atoms with Crippen LogP contribution in [0.5, 0.6) is 0 Å². The molecule has 4 nitrogen and oxygen atoms in total. The van der Waals surface area contributed by atoms with E-state index < -0.39 is 0 Å². The predicted molar refractivity (Wildman–Crippen MR) is 110 cm³/mol. The van der Waals surface area contributed by atoms with E-state index in [0.717, 1.165) is 39.3 Å². The Kier molecular flexibility index (Phi) is 6.28. The van der Waals surface area contributed by atoms with Gasteiger partial charge in [0, 0.05) is 69.0 Å². The number of aliphatic hydroxyl groups is 1. The van der Waals surface area contributed by atoms with E-state index in [4.69, 9.17) is 11.6 Å². The number of nitrogens with zero attached hydrogens (tertiary/aromatic N) is 3. The van der Waals surface area contributed by atoms with Crippen molar-refractivity contribution in [2.45, 2.75) is 25.2 Å². The normalized spacial score (nSPS) is 24.7. The molecule has 2 aromatic rings. The molecule has 0 saturated carbocycles. The number of likely N-dealkylation sites (tertiary alicyclic amines) is 1. The molecule has 2 saturated heterocycles. The van der Waals surface area contributed by atoms with Crippen LogP contribution in [0.15, 0.2) is 48.5 Å².